The van der Waals surface area contributed by atoms with Gasteiger partial charge in [0.1, 0.15) is 18.2 Å². The first kappa shape index (κ1) is 17.0. The lowest BCUT2D eigenvalue weighted by Crippen LogP contribution is -2.42. The summed E-state index contributed by atoms with van der Waals surface area (Å²) in [4.78, 5) is 23.3. The Labute approximate surface area is 125 Å². The van der Waals surface area contributed by atoms with Crippen molar-refractivity contribution in [2.45, 2.75) is 52.9 Å². The fraction of sp³-hybridized carbons (Fsp3) is 0.500. The van der Waals surface area contributed by atoms with Gasteiger partial charge in [-0.3, -0.25) is 0 Å². The second kappa shape index (κ2) is 7.11. The van der Waals surface area contributed by atoms with Crippen molar-refractivity contribution in [2.75, 3.05) is 0 Å². The molecule has 116 valence electrons. The second-order valence-corrected chi connectivity index (χ2v) is 5.96. The molecule has 0 aliphatic rings. The van der Waals surface area contributed by atoms with Crippen LogP contribution in [0.5, 0.6) is 0 Å². The van der Waals surface area contributed by atoms with Gasteiger partial charge in [0, 0.05) is 0 Å². The summed E-state index contributed by atoms with van der Waals surface area (Å²) in [7, 11) is 0. The molecule has 21 heavy (non-hydrogen) atoms. The second-order valence-electron chi connectivity index (χ2n) is 5.96. The standard InChI is InChI=1S/C16H23NO4/c1-11-6-8-13(9-7-11)10-20-14(18)12(2)17-15(19)21-16(3,4)5/h6-9,12H,10H2,1-5H3,(H,17,19)/t12-/m0/s1. The Hall–Kier alpha value is -2.04. The van der Waals surface area contributed by atoms with Crippen molar-refractivity contribution in [3.63, 3.8) is 0 Å². The molecule has 1 aromatic rings. The zero-order valence-corrected chi connectivity index (χ0v) is 13.2. The lowest BCUT2D eigenvalue weighted by Gasteiger charge is -2.21. The highest BCUT2D eigenvalue weighted by Gasteiger charge is 2.21. The molecule has 1 atom stereocenters. The van der Waals surface area contributed by atoms with Crippen molar-refractivity contribution in [1.82, 2.24) is 5.32 Å². The van der Waals surface area contributed by atoms with Crippen LogP contribution in [0.4, 0.5) is 4.79 Å². The van der Waals surface area contributed by atoms with Gasteiger partial charge in [-0.1, -0.05) is 29.8 Å². The van der Waals surface area contributed by atoms with E-state index in [1.54, 1.807) is 27.7 Å². The monoisotopic (exact) mass is 293 g/mol. The van der Waals surface area contributed by atoms with E-state index in [-0.39, 0.29) is 6.61 Å². The Morgan fingerprint density at radius 3 is 2.29 bits per heavy atom. The third kappa shape index (κ3) is 6.79. The molecule has 0 aromatic heterocycles. The molecule has 0 radical (unpaired) electrons. The predicted molar refractivity (Wildman–Crippen MR) is 79.8 cm³/mol. The number of hydrogen-bond donors (Lipinski definition) is 1. The van der Waals surface area contributed by atoms with E-state index in [9.17, 15) is 9.59 Å². The number of ether oxygens (including phenoxy) is 2. The molecule has 0 bridgehead atoms. The molecule has 0 aliphatic carbocycles. The number of alkyl carbamates (subject to hydrolysis) is 1. The van der Waals surface area contributed by atoms with Gasteiger partial charge in [0.15, 0.2) is 0 Å². The topological polar surface area (TPSA) is 64.6 Å². The number of rotatable bonds is 4. The van der Waals surface area contributed by atoms with E-state index in [0.717, 1.165) is 11.1 Å². The number of esters is 1. The maximum Gasteiger partial charge on any atom is 0.408 e. The first-order chi connectivity index (χ1) is 9.67. The van der Waals surface area contributed by atoms with E-state index in [1.807, 2.05) is 31.2 Å². The van der Waals surface area contributed by atoms with Crippen LogP contribution in [0, 0.1) is 6.92 Å². The summed E-state index contributed by atoms with van der Waals surface area (Å²) in [5, 5.41) is 2.45. The fourth-order valence-corrected chi connectivity index (χ4v) is 1.51. The van der Waals surface area contributed by atoms with Crippen LogP contribution >= 0.6 is 0 Å². The van der Waals surface area contributed by atoms with Crippen LogP contribution in [0.15, 0.2) is 24.3 Å². The lowest BCUT2D eigenvalue weighted by molar-refractivity contribution is -0.147. The molecule has 0 saturated carbocycles. The van der Waals surface area contributed by atoms with Gasteiger partial charge in [0.05, 0.1) is 0 Å². The molecule has 0 unspecified atom stereocenters. The van der Waals surface area contributed by atoms with Crippen LogP contribution in [-0.4, -0.2) is 23.7 Å². The Bertz CT molecular complexity index is 488. The van der Waals surface area contributed by atoms with Crippen molar-refractivity contribution in [2.24, 2.45) is 0 Å². The quantitative estimate of drug-likeness (QED) is 0.867. The number of hydrogen-bond acceptors (Lipinski definition) is 4. The van der Waals surface area contributed by atoms with E-state index in [0.29, 0.717) is 0 Å². The highest BCUT2D eigenvalue weighted by molar-refractivity contribution is 5.81. The van der Waals surface area contributed by atoms with Crippen LogP contribution in [-0.2, 0) is 20.9 Å². The molecule has 1 aromatic carbocycles. The molecule has 5 heteroatoms. The van der Waals surface area contributed by atoms with Gasteiger partial charge in [-0.2, -0.15) is 0 Å². The van der Waals surface area contributed by atoms with E-state index >= 15 is 0 Å². The highest BCUT2D eigenvalue weighted by Crippen LogP contribution is 2.08. The largest absolute Gasteiger partial charge is 0.459 e. The average Bonchev–Trinajstić information content (AvgIpc) is 2.35. The molecule has 1 amide bonds. The minimum absolute atomic E-state index is 0.180. The van der Waals surface area contributed by atoms with Crippen molar-refractivity contribution >= 4 is 12.1 Å². The van der Waals surface area contributed by atoms with Crippen LogP contribution in [0.25, 0.3) is 0 Å². The minimum Gasteiger partial charge on any atom is -0.459 e. The number of amides is 1. The summed E-state index contributed by atoms with van der Waals surface area (Å²) in [5.41, 5.74) is 1.44. The van der Waals surface area contributed by atoms with E-state index < -0.39 is 23.7 Å². The zero-order chi connectivity index (χ0) is 16.0. The van der Waals surface area contributed by atoms with Crippen LogP contribution in [0.1, 0.15) is 38.8 Å². The zero-order valence-electron chi connectivity index (χ0n) is 13.2. The van der Waals surface area contributed by atoms with Crippen LogP contribution < -0.4 is 5.32 Å². The minimum atomic E-state index is -0.759. The Kier molecular flexibility index (Phi) is 5.76. The molecule has 0 aliphatic heterocycles. The third-order valence-corrected chi connectivity index (χ3v) is 2.59. The van der Waals surface area contributed by atoms with Crippen LogP contribution in [0.2, 0.25) is 0 Å². The average molecular weight is 293 g/mol. The predicted octanol–water partition coefficient (Wildman–Crippen LogP) is 2.95. The maximum atomic E-state index is 11.8. The van der Waals surface area contributed by atoms with Crippen molar-refractivity contribution in [1.29, 1.82) is 0 Å². The first-order valence-corrected chi connectivity index (χ1v) is 6.89. The Morgan fingerprint density at radius 1 is 1.19 bits per heavy atom. The summed E-state index contributed by atoms with van der Waals surface area (Å²) in [6, 6.07) is 6.94. The SMILES string of the molecule is Cc1ccc(COC(=O)[C@H](C)NC(=O)OC(C)(C)C)cc1. The van der Waals surface area contributed by atoms with Gasteiger partial charge in [-0.15, -0.1) is 0 Å². The van der Waals surface area contributed by atoms with Gasteiger partial charge < -0.3 is 14.8 Å². The molecule has 0 heterocycles. The number of nitrogens with one attached hydrogen (secondary N) is 1. The molecule has 1 rings (SSSR count). The highest BCUT2D eigenvalue weighted by atomic mass is 16.6. The van der Waals surface area contributed by atoms with Crippen molar-refractivity contribution in [3.8, 4) is 0 Å². The summed E-state index contributed by atoms with van der Waals surface area (Å²) in [5.74, 6) is -0.499. The number of benzene rings is 1. The summed E-state index contributed by atoms with van der Waals surface area (Å²) in [6.07, 6.45) is -0.637. The molecular weight excluding hydrogens is 270 g/mol. The van der Waals surface area contributed by atoms with E-state index in [4.69, 9.17) is 9.47 Å². The lowest BCUT2D eigenvalue weighted by atomic mass is 10.2. The number of aryl methyl sites for hydroxylation is 1. The maximum absolute atomic E-state index is 11.8. The molecule has 0 saturated heterocycles. The van der Waals surface area contributed by atoms with Gasteiger partial charge in [0.25, 0.3) is 0 Å². The summed E-state index contributed by atoms with van der Waals surface area (Å²) in [6.45, 7) is 9.00. The Balaban J connectivity index is 2.40. The molecule has 0 fully saturated rings. The van der Waals surface area contributed by atoms with Crippen LogP contribution in [0.3, 0.4) is 0 Å². The third-order valence-electron chi connectivity index (χ3n) is 2.59. The number of carbonyl (C=O) groups excluding carboxylic acids is 2. The van der Waals surface area contributed by atoms with Gasteiger partial charge in [-0.05, 0) is 40.2 Å². The molecule has 1 N–H and O–H groups in total. The Morgan fingerprint density at radius 2 is 1.76 bits per heavy atom. The van der Waals surface area contributed by atoms with E-state index in [1.165, 1.54) is 0 Å². The van der Waals surface area contributed by atoms with Gasteiger partial charge in [-0.25, -0.2) is 9.59 Å². The van der Waals surface area contributed by atoms with E-state index in [2.05, 4.69) is 5.32 Å². The van der Waals surface area contributed by atoms with Crippen molar-refractivity contribution < 1.29 is 19.1 Å². The summed E-state index contributed by atoms with van der Waals surface area (Å²) >= 11 is 0. The molecular formula is C16H23NO4. The number of carbonyl (C=O) groups is 2. The van der Waals surface area contributed by atoms with Crippen molar-refractivity contribution in [3.05, 3.63) is 35.4 Å². The smallest absolute Gasteiger partial charge is 0.408 e. The normalized spacial score (nSPS) is 12.4. The molecule has 5 nitrogen and oxygen atoms in total. The summed E-state index contributed by atoms with van der Waals surface area (Å²) < 4.78 is 10.2. The fourth-order valence-electron chi connectivity index (χ4n) is 1.51. The van der Waals surface area contributed by atoms with Gasteiger partial charge in [0.2, 0.25) is 0 Å². The first-order valence-electron chi connectivity index (χ1n) is 6.89. The van der Waals surface area contributed by atoms with Gasteiger partial charge >= 0.3 is 12.1 Å². The molecule has 0 spiro atoms.